The molecule has 0 fully saturated rings. The molecule has 1 rings (SSSR count). The minimum absolute atomic E-state index is 0.542. The van der Waals surface area contributed by atoms with Crippen molar-refractivity contribution in [2.24, 2.45) is 0 Å². The fraction of sp³-hybridized carbons (Fsp3) is 0.333. The first-order chi connectivity index (χ1) is 8.12. The average molecular weight is 270 g/mol. The molecule has 100 valence electrons. The summed E-state index contributed by atoms with van der Waals surface area (Å²) in [6.45, 7) is 0. The van der Waals surface area contributed by atoms with Crippen molar-refractivity contribution in [2.75, 3.05) is 5.73 Å². The molecule has 0 aromatic carbocycles. The monoisotopic (exact) mass is 270 g/mol. The third-order valence-corrected chi connectivity index (χ3v) is 2.00. The zero-order valence-corrected chi connectivity index (χ0v) is 8.63. The van der Waals surface area contributed by atoms with E-state index in [1.807, 2.05) is 0 Å². The second kappa shape index (κ2) is 4.75. The Morgan fingerprint density at radius 3 is 2.39 bits per heavy atom. The van der Waals surface area contributed by atoms with Crippen molar-refractivity contribution < 1.29 is 31.9 Å². The Kier molecular flexibility index (Phi) is 3.73. The summed E-state index contributed by atoms with van der Waals surface area (Å²) in [4.78, 5) is 13.1. The smallest absolute Gasteiger partial charge is 0.435 e. The summed E-state index contributed by atoms with van der Waals surface area (Å²) in [5.74, 6) is -1.48. The molecule has 18 heavy (non-hydrogen) atoms. The molecule has 1 heterocycles. The van der Waals surface area contributed by atoms with E-state index in [0.717, 1.165) is 0 Å². The number of nitrogens with zero attached hydrogens (tertiary/aromatic N) is 1. The van der Waals surface area contributed by atoms with Crippen LogP contribution in [-0.2, 0) is 17.4 Å². The fourth-order valence-electron chi connectivity index (χ4n) is 1.27. The number of aromatic nitrogens is 1. The van der Waals surface area contributed by atoms with Crippen molar-refractivity contribution in [3.05, 3.63) is 23.0 Å². The van der Waals surface area contributed by atoms with E-state index < -0.39 is 47.6 Å². The highest BCUT2D eigenvalue weighted by Crippen LogP contribution is 2.35. The number of anilines is 1. The third kappa shape index (κ3) is 3.05. The summed E-state index contributed by atoms with van der Waals surface area (Å²) in [6, 6.07) is 0.559. The van der Waals surface area contributed by atoms with E-state index in [2.05, 4.69) is 4.98 Å². The van der Waals surface area contributed by atoms with Crippen LogP contribution in [0.1, 0.15) is 23.4 Å². The second-order valence-corrected chi connectivity index (χ2v) is 3.34. The van der Waals surface area contributed by atoms with Gasteiger partial charge in [-0.25, -0.2) is 13.8 Å². The van der Waals surface area contributed by atoms with Crippen molar-refractivity contribution in [1.29, 1.82) is 0 Å². The summed E-state index contributed by atoms with van der Waals surface area (Å²) in [7, 11) is 0. The van der Waals surface area contributed by atoms with E-state index in [1.54, 1.807) is 0 Å². The maximum absolute atomic E-state index is 12.5. The lowest BCUT2D eigenvalue weighted by Gasteiger charge is -2.14. The summed E-state index contributed by atoms with van der Waals surface area (Å²) in [5.41, 5.74) is 0.748. The minimum atomic E-state index is -5.03. The Morgan fingerprint density at radius 2 is 2.00 bits per heavy atom. The van der Waals surface area contributed by atoms with E-state index in [-0.39, 0.29) is 0 Å². The Hall–Kier alpha value is -1.93. The van der Waals surface area contributed by atoms with Gasteiger partial charge in [0.25, 0.3) is 6.43 Å². The third-order valence-electron chi connectivity index (χ3n) is 2.00. The molecule has 0 unspecified atom stereocenters. The number of rotatable bonds is 3. The maximum atomic E-state index is 12.5. The van der Waals surface area contributed by atoms with E-state index in [1.165, 1.54) is 0 Å². The molecule has 9 heteroatoms. The first-order valence-electron chi connectivity index (χ1n) is 4.49. The van der Waals surface area contributed by atoms with Crippen LogP contribution in [0, 0.1) is 0 Å². The lowest BCUT2D eigenvalue weighted by Crippen LogP contribution is -2.16. The van der Waals surface area contributed by atoms with Crippen LogP contribution < -0.4 is 5.73 Å². The van der Waals surface area contributed by atoms with E-state index in [9.17, 15) is 26.7 Å². The average Bonchev–Trinajstić information content (AvgIpc) is 2.18. The fourth-order valence-corrected chi connectivity index (χ4v) is 1.27. The van der Waals surface area contributed by atoms with Crippen molar-refractivity contribution in [1.82, 2.24) is 4.98 Å². The van der Waals surface area contributed by atoms with Crippen LogP contribution in [0.5, 0.6) is 0 Å². The molecule has 4 nitrogen and oxygen atoms in total. The van der Waals surface area contributed by atoms with Crippen molar-refractivity contribution in [3.8, 4) is 0 Å². The van der Waals surface area contributed by atoms with E-state index in [4.69, 9.17) is 10.8 Å². The molecule has 1 aromatic rings. The van der Waals surface area contributed by atoms with Gasteiger partial charge in [0, 0.05) is 0 Å². The number of carboxylic acids is 1. The van der Waals surface area contributed by atoms with Gasteiger partial charge in [-0.05, 0) is 11.6 Å². The van der Waals surface area contributed by atoms with Crippen molar-refractivity contribution in [3.63, 3.8) is 0 Å². The number of nitrogen functional groups attached to an aromatic ring is 1. The first kappa shape index (κ1) is 14.1. The molecule has 1 aromatic heterocycles. The summed E-state index contributed by atoms with van der Waals surface area (Å²) in [5, 5.41) is 8.47. The van der Waals surface area contributed by atoms with E-state index >= 15 is 0 Å². The molecule has 0 bridgehead atoms. The molecule has 0 aliphatic heterocycles. The minimum Gasteiger partial charge on any atom is -0.481 e. The summed E-state index contributed by atoms with van der Waals surface area (Å²) in [6.07, 6.45) is -9.17. The van der Waals surface area contributed by atoms with Crippen molar-refractivity contribution >= 4 is 11.7 Å². The van der Waals surface area contributed by atoms with Gasteiger partial charge in [-0.3, -0.25) is 4.79 Å². The highest BCUT2D eigenvalue weighted by atomic mass is 19.4. The Morgan fingerprint density at radius 1 is 1.44 bits per heavy atom. The van der Waals surface area contributed by atoms with E-state index in [0.29, 0.717) is 6.07 Å². The molecular weight excluding hydrogens is 263 g/mol. The van der Waals surface area contributed by atoms with Gasteiger partial charge in [0.05, 0.1) is 12.1 Å². The number of alkyl halides is 5. The Labute approximate surface area is 97.2 Å². The van der Waals surface area contributed by atoms with Crippen LogP contribution in [0.4, 0.5) is 27.6 Å². The highest BCUT2D eigenvalue weighted by molar-refractivity contribution is 5.73. The van der Waals surface area contributed by atoms with Gasteiger partial charge in [0.2, 0.25) is 0 Å². The number of carboxylic acid groups (broad SMARTS) is 1. The molecule has 0 spiro atoms. The predicted molar refractivity (Wildman–Crippen MR) is 49.9 cm³/mol. The molecule has 0 atom stereocenters. The van der Waals surface area contributed by atoms with Crippen LogP contribution in [0.2, 0.25) is 0 Å². The lowest BCUT2D eigenvalue weighted by atomic mass is 10.1. The number of nitrogens with two attached hydrogens (primary N) is 1. The summed E-state index contributed by atoms with van der Waals surface area (Å²) >= 11 is 0. The normalized spacial score (nSPS) is 11.9. The van der Waals surface area contributed by atoms with Crippen molar-refractivity contribution in [2.45, 2.75) is 19.0 Å². The quantitative estimate of drug-likeness (QED) is 0.826. The number of halogens is 5. The maximum Gasteiger partial charge on any atom is 0.435 e. The van der Waals surface area contributed by atoms with Crippen LogP contribution in [-0.4, -0.2) is 16.1 Å². The first-order valence-corrected chi connectivity index (χ1v) is 4.49. The number of hydrogen-bond acceptors (Lipinski definition) is 3. The summed E-state index contributed by atoms with van der Waals surface area (Å²) < 4.78 is 62.2. The molecule has 0 saturated carbocycles. The second-order valence-electron chi connectivity index (χ2n) is 3.34. The molecular formula is C9H7F5N2O2. The standard InChI is InChI=1S/C9H7F5N2O2/c10-8(11)4-1-3(2-5(17)18)6(15)7(16-4)9(12,13)14/h1,8H,2,15H2,(H,17,18). The zero-order chi connectivity index (χ0) is 14.1. The Bertz CT molecular complexity index is 473. The largest absolute Gasteiger partial charge is 0.481 e. The van der Waals surface area contributed by atoms with Gasteiger partial charge in [-0.2, -0.15) is 13.2 Å². The molecule has 0 saturated heterocycles. The van der Waals surface area contributed by atoms with Crippen LogP contribution in [0.3, 0.4) is 0 Å². The predicted octanol–water partition coefficient (Wildman–Crippen LogP) is 2.25. The van der Waals surface area contributed by atoms with Gasteiger partial charge >= 0.3 is 12.1 Å². The number of pyridine rings is 1. The molecule has 0 amide bonds. The zero-order valence-electron chi connectivity index (χ0n) is 8.63. The highest BCUT2D eigenvalue weighted by Gasteiger charge is 2.37. The molecule has 3 N–H and O–H groups in total. The molecule has 0 radical (unpaired) electrons. The van der Waals surface area contributed by atoms with Crippen LogP contribution in [0.25, 0.3) is 0 Å². The van der Waals surface area contributed by atoms with Gasteiger partial charge < -0.3 is 10.8 Å². The van der Waals surface area contributed by atoms with Gasteiger partial charge in [0.1, 0.15) is 5.69 Å². The lowest BCUT2D eigenvalue weighted by molar-refractivity contribution is -0.141. The molecule has 0 aliphatic rings. The number of carbonyl (C=O) groups is 1. The van der Waals surface area contributed by atoms with Gasteiger partial charge in [0.15, 0.2) is 5.69 Å². The number of aliphatic carboxylic acids is 1. The van der Waals surface area contributed by atoms with Crippen LogP contribution >= 0.6 is 0 Å². The number of hydrogen-bond donors (Lipinski definition) is 2. The van der Waals surface area contributed by atoms with Gasteiger partial charge in [-0.1, -0.05) is 0 Å². The Balaban J connectivity index is 3.43. The van der Waals surface area contributed by atoms with Crippen LogP contribution in [0.15, 0.2) is 6.07 Å². The van der Waals surface area contributed by atoms with Gasteiger partial charge in [-0.15, -0.1) is 0 Å². The molecule has 0 aliphatic carbocycles. The SMILES string of the molecule is Nc1c(CC(=O)O)cc(C(F)F)nc1C(F)(F)F. The topological polar surface area (TPSA) is 76.2 Å².